The second-order valence-corrected chi connectivity index (χ2v) is 3.90. The second-order valence-electron chi connectivity index (χ2n) is 3.90. The first-order valence-electron chi connectivity index (χ1n) is 5.44. The molecule has 1 N–H and O–H groups in total. The average Bonchev–Trinajstić information content (AvgIpc) is 2.75. The van der Waals surface area contributed by atoms with E-state index >= 15 is 0 Å². The predicted molar refractivity (Wildman–Crippen MR) is 61.4 cm³/mol. The number of carbonyl (C=O) groups is 2. The Morgan fingerprint density at radius 3 is 2.65 bits per heavy atom. The Bertz CT molecular complexity index is 409. The first-order chi connectivity index (χ1) is 8.20. The molecular formula is C10H15N5O2. The molecule has 0 aliphatic carbocycles. The van der Waals surface area contributed by atoms with Crippen LogP contribution in [0.1, 0.15) is 0 Å². The molecule has 1 fully saturated rings. The molecule has 0 atom stereocenters. The molecule has 1 aliphatic rings. The molecule has 0 saturated carbocycles. The predicted octanol–water partition coefficient (Wildman–Crippen LogP) is -0.274. The van der Waals surface area contributed by atoms with Gasteiger partial charge < -0.3 is 9.80 Å². The van der Waals surface area contributed by atoms with Crippen LogP contribution < -0.4 is 5.32 Å². The standard InChI is InChI=1S/C10H15N5O2/c1-13-9(2-3-11-13)12-10(17)15-6-4-14(8-16)5-7-15/h2-3,8H,4-7H2,1H3,(H,12,17). The van der Waals surface area contributed by atoms with Gasteiger partial charge in [-0.1, -0.05) is 0 Å². The van der Waals surface area contributed by atoms with Gasteiger partial charge in [-0.2, -0.15) is 5.10 Å². The minimum Gasteiger partial charge on any atom is -0.342 e. The van der Waals surface area contributed by atoms with Crippen LogP contribution in [-0.2, 0) is 11.8 Å². The van der Waals surface area contributed by atoms with E-state index in [0.29, 0.717) is 32.0 Å². The molecule has 7 heteroatoms. The van der Waals surface area contributed by atoms with Gasteiger partial charge in [-0.25, -0.2) is 4.79 Å². The van der Waals surface area contributed by atoms with E-state index in [4.69, 9.17) is 0 Å². The third-order valence-electron chi connectivity index (χ3n) is 2.81. The van der Waals surface area contributed by atoms with Crippen LogP contribution in [-0.4, -0.2) is 58.2 Å². The van der Waals surface area contributed by atoms with Gasteiger partial charge in [0.05, 0.1) is 6.20 Å². The maximum absolute atomic E-state index is 11.9. The zero-order valence-corrected chi connectivity index (χ0v) is 9.67. The number of rotatable bonds is 2. The fourth-order valence-electron chi connectivity index (χ4n) is 1.72. The van der Waals surface area contributed by atoms with E-state index in [1.165, 1.54) is 0 Å². The van der Waals surface area contributed by atoms with E-state index in [1.54, 1.807) is 33.8 Å². The van der Waals surface area contributed by atoms with Crippen LogP contribution in [0.2, 0.25) is 0 Å². The van der Waals surface area contributed by atoms with Crippen LogP contribution in [0.3, 0.4) is 0 Å². The molecule has 3 amide bonds. The number of nitrogens with zero attached hydrogens (tertiary/aromatic N) is 4. The zero-order valence-electron chi connectivity index (χ0n) is 9.67. The lowest BCUT2D eigenvalue weighted by molar-refractivity contribution is -0.119. The first kappa shape index (κ1) is 11.4. The van der Waals surface area contributed by atoms with Gasteiger partial charge in [0.1, 0.15) is 5.82 Å². The summed E-state index contributed by atoms with van der Waals surface area (Å²) in [6.45, 7) is 2.29. The number of hydrogen-bond donors (Lipinski definition) is 1. The number of aromatic nitrogens is 2. The number of hydrogen-bond acceptors (Lipinski definition) is 3. The number of anilines is 1. The summed E-state index contributed by atoms with van der Waals surface area (Å²) in [5.74, 6) is 0.660. The van der Waals surface area contributed by atoms with Crippen molar-refractivity contribution in [3.63, 3.8) is 0 Å². The monoisotopic (exact) mass is 237 g/mol. The van der Waals surface area contributed by atoms with Gasteiger partial charge >= 0.3 is 6.03 Å². The van der Waals surface area contributed by atoms with E-state index in [0.717, 1.165) is 6.41 Å². The molecule has 0 radical (unpaired) electrons. The number of urea groups is 1. The van der Waals surface area contributed by atoms with Crippen LogP contribution in [0.5, 0.6) is 0 Å². The van der Waals surface area contributed by atoms with Gasteiger partial charge in [-0.15, -0.1) is 0 Å². The second kappa shape index (κ2) is 4.86. The molecular weight excluding hydrogens is 222 g/mol. The van der Waals surface area contributed by atoms with E-state index in [2.05, 4.69) is 10.4 Å². The smallest absolute Gasteiger partial charge is 0.323 e. The lowest BCUT2D eigenvalue weighted by atomic mass is 10.3. The van der Waals surface area contributed by atoms with Crippen molar-refractivity contribution in [2.45, 2.75) is 0 Å². The number of carbonyl (C=O) groups excluding carboxylic acids is 2. The summed E-state index contributed by atoms with van der Waals surface area (Å²) in [5, 5.41) is 6.74. The average molecular weight is 237 g/mol. The number of aryl methyl sites for hydroxylation is 1. The van der Waals surface area contributed by atoms with Crippen LogP contribution in [0, 0.1) is 0 Å². The lowest BCUT2D eigenvalue weighted by Crippen LogP contribution is -2.49. The summed E-state index contributed by atoms with van der Waals surface area (Å²) < 4.78 is 1.60. The van der Waals surface area contributed by atoms with Gasteiger partial charge in [0.25, 0.3) is 0 Å². The topological polar surface area (TPSA) is 70.5 Å². The van der Waals surface area contributed by atoms with Crippen LogP contribution in [0.15, 0.2) is 12.3 Å². The fourth-order valence-corrected chi connectivity index (χ4v) is 1.72. The van der Waals surface area contributed by atoms with Gasteiger partial charge in [-0.05, 0) is 0 Å². The van der Waals surface area contributed by atoms with Crippen molar-refractivity contribution in [2.24, 2.45) is 7.05 Å². The molecule has 0 aromatic carbocycles. The minimum absolute atomic E-state index is 0.154. The Balaban J connectivity index is 1.89. The summed E-state index contributed by atoms with van der Waals surface area (Å²) in [6.07, 6.45) is 2.44. The summed E-state index contributed by atoms with van der Waals surface area (Å²) in [4.78, 5) is 25.8. The highest BCUT2D eigenvalue weighted by atomic mass is 16.2. The van der Waals surface area contributed by atoms with Crippen LogP contribution in [0.25, 0.3) is 0 Å². The van der Waals surface area contributed by atoms with Gasteiger partial charge in [-0.3, -0.25) is 14.8 Å². The SMILES string of the molecule is Cn1nccc1NC(=O)N1CCN(C=O)CC1. The van der Waals surface area contributed by atoms with Gasteiger partial charge in [0.2, 0.25) is 6.41 Å². The summed E-state index contributed by atoms with van der Waals surface area (Å²) in [7, 11) is 1.76. The molecule has 17 heavy (non-hydrogen) atoms. The van der Waals surface area contributed by atoms with Crippen molar-refractivity contribution in [3.8, 4) is 0 Å². The molecule has 1 aliphatic heterocycles. The molecule has 0 bridgehead atoms. The highest BCUT2D eigenvalue weighted by Crippen LogP contribution is 2.07. The Morgan fingerprint density at radius 1 is 1.41 bits per heavy atom. The Morgan fingerprint density at radius 2 is 2.12 bits per heavy atom. The van der Waals surface area contributed by atoms with Crippen molar-refractivity contribution in [3.05, 3.63) is 12.3 Å². The molecule has 1 aromatic rings. The molecule has 1 aromatic heterocycles. The number of nitrogens with one attached hydrogen (secondary N) is 1. The molecule has 2 heterocycles. The van der Waals surface area contributed by atoms with Crippen LogP contribution >= 0.6 is 0 Å². The van der Waals surface area contributed by atoms with Crippen molar-refractivity contribution in [1.29, 1.82) is 0 Å². The number of piperazine rings is 1. The Labute approximate surface area is 99.0 Å². The van der Waals surface area contributed by atoms with Crippen molar-refractivity contribution in [1.82, 2.24) is 19.6 Å². The van der Waals surface area contributed by atoms with E-state index in [9.17, 15) is 9.59 Å². The molecule has 1 saturated heterocycles. The maximum Gasteiger partial charge on any atom is 0.323 e. The largest absolute Gasteiger partial charge is 0.342 e. The zero-order chi connectivity index (χ0) is 12.3. The normalized spacial score (nSPS) is 15.8. The van der Waals surface area contributed by atoms with Gasteiger partial charge in [0, 0.05) is 39.3 Å². The maximum atomic E-state index is 11.9. The third-order valence-corrected chi connectivity index (χ3v) is 2.81. The minimum atomic E-state index is -0.154. The fraction of sp³-hybridized carbons (Fsp3) is 0.500. The van der Waals surface area contributed by atoms with Crippen molar-refractivity contribution >= 4 is 18.3 Å². The van der Waals surface area contributed by atoms with E-state index < -0.39 is 0 Å². The Hall–Kier alpha value is -2.05. The molecule has 0 unspecified atom stereocenters. The molecule has 0 spiro atoms. The van der Waals surface area contributed by atoms with Gasteiger partial charge in [0.15, 0.2) is 0 Å². The highest BCUT2D eigenvalue weighted by molar-refractivity contribution is 5.88. The van der Waals surface area contributed by atoms with E-state index in [1.807, 2.05) is 0 Å². The summed E-state index contributed by atoms with van der Waals surface area (Å²) >= 11 is 0. The van der Waals surface area contributed by atoms with Crippen molar-refractivity contribution < 1.29 is 9.59 Å². The molecule has 7 nitrogen and oxygen atoms in total. The van der Waals surface area contributed by atoms with Crippen LogP contribution in [0.4, 0.5) is 10.6 Å². The molecule has 2 rings (SSSR count). The lowest BCUT2D eigenvalue weighted by Gasteiger charge is -2.32. The quantitative estimate of drug-likeness (QED) is 0.719. The Kier molecular flexibility index (Phi) is 3.27. The summed E-state index contributed by atoms with van der Waals surface area (Å²) in [6, 6.07) is 1.58. The summed E-state index contributed by atoms with van der Waals surface area (Å²) in [5.41, 5.74) is 0. The van der Waals surface area contributed by atoms with E-state index in [-0.39, 0.29) is 6.03 Å². The third kappa shape index (κ3) is 2.55. The molecule has 92 valence electrons. The highest BCUT2D eigenvalue weighted by Gasteiger charge is 2.20. The first-order valence-corrected chi connectivity index (χ1v) is 5.44. The van der Waals surface area contributed by atoms with Crippen molar-refractivity contribution in [2.75, 3.05) is 31.5 Å². The number of amides is 3.